The minimum absolute atomic E-state index is 0.123. The van der Waals surface area contributed by atoms with Crippen molar-refractivity contribution in [3.8, 4) is 5.75 Å². The second kappa shape index (κ2) is 12.2. The molecule has 0 radical (unpaired) electrons. The largest absolute Gasteiger partial charge is 0.487 e. The second-order valence-corrected chi connectivity index (χ2v) is 9.95. The van der Waals surface area contributed by atoms with Gasteiger partial charge in [-0.1, -0.05) is 72.3 Å². The fourth-order valence-corrected chi connectivity index (χ4v) is 5.06. The molecule has 0 aliphatic carbocycles. The average molecular weight is 516 g/mol. The first-order valence-corrected chi connectivity index (χ1v) is 13.0. The van der Waals surface area contributed by atoms with Crippen LogP contribution in [0.2, 0.25) is 5.02 Å². The van der Waals surface area contributed by atoms with Crippen molar-refractivity contribution in [3.63, 3.8) is 0 Å². The number of nitrogens with zero attached hydrogens (tertiary/aromatic N) is 1. The molecule has 1 unspecified atom stereocenters. The van der Waals surface area contributed by atoms with Crippen molar-refractivity contribution in [2.45, 2.75) is 44.6 Å². The summed E-state index contributed by atoms with van der Waals surface area (Å²) in [7, 11) is 0. The molecule has 0 saturated carbocycles. The highest BCUT2D eigenvalue weighted by Gasteiger charge is 2.31. The quantitative estimate of drug-likeness (QED) is 0.162. The molecule has 184 valence electrons. The predicted molar refractivity (Wildman–Crippen MR) is 152 cm³/mol. The van der Waals surface area contributed by atoms with Crippen LogP contribution in [0.4, 0.5) is 0 Å². The van der Waals surface area contributed by atoms with E-state index in [4.69, 9.17) is 16.3 Å². The second-order valence-electron chi connectivity index (χ2n) is 9.02. The Morgan fingerprint density at radius 3 is 2.47 bits per heavy atom. The maximum absolute atomic E-state index is 12.2. The molecule has 1 atom stereocenters. The summed E-state index contributed by atoms with van der Waals surface area (Å²) in [6, 6.07) is 28.1. The molecule has 36 heavy (non-hydrogen) atoms. The van der Waals surface area contributed by atoms with Gasteiger partial charge in [0.2, 0.25) is 0 Å². The van der Waals surface area contributed by atoms with Gasteiger partial charge in [-0.3, -0.25) is 4.79 Å². The standard InChI is InChI=1S/C31H30ClNO2S/c1-2-19-31(21-30(34)36,20-5-6-23-9-14-26(32)15-10-23)25-12-17-28(18-13-25)35-22-27-16-11-24-7-3-4-8-29(24)33-27/h2-4,7-19H,5-6,20-22H2,1H3,(H,34,36). The number of aromatic nitrogens is 1. The lowest BCUT2D eigenvalue weighted by Gasteiger charge is -2.31. The van der Waals surface area contributed by atoms with E-state index in [0.29, 0.717) is 13.0 Å². The van der Waals surface area contributed by atoms with E-state index in [1.54, 1.807) is 0 Å². The average Bonchev–Trinajstić information content (AvgIpc) is 2.88. The van der Waals surface area contributed by atoms with Gasteiger partial charge >= 0.3 is 0 Å². The molecule has 0 amide bonds. The number of ether oxygens (including phenoxy) is 1. The Kier molecular flexibility index (Phi) is 8.84. The van der Waals surface area contributed by atoms with Crippen LogP contribution >= 0.6 is 24.2 Å². The van der Waals surface area contributed by atoms with Gasteiger partial charge in [0.25, 0.3) is 0 Å². The third-order valence-corrected chi connectivity index (χ3v) is 6.84. The maximum Gasteiger partial charge on any atom is 0.187 e. The van der Waals surface area contributed by atoms with Gasteiger partial charge in [-0.05, 0) is 73.7 Å². The number of hydrogen-bond acceptors (Lipinski definition) is 3. The molecule has 0 bridgehead atoms. The van der Waals surface area contributed by atoms with Crippen LogP contribution in [0.3, 0.4) is 0 Å². The summed E-state index contributed by atoms with van der Waals surface area (Å²) in [6.07, 6.45) is 7.17. The summed E-state index contributed by atoms with van der Waals surface area (Å²) in [6.45, 7) is 2.38. The highest BCUT2D eigenvalue weighted by atomic mass is 35.5. The third-order valence-electron chi connectivity index (χ3n) is 6.43. The number of aryl methyl sites for hydroxylation is 1. The fraction of sp³-hybridized carbons (Fsp3) is 0.226. The number of benzene rings is 3. The van der Waals surface area contributed by atoms with Crippen molar-refractivity contribution >= 4 is 40.2 Å². The van der Waals surface area contributed by atoms with E-state index in [9.17, 15) is 4.79 Å². The number of thiol groups is 1. The lowest BCUT2D eigenvalue weighted by molar-refractivity contribution is -0.111. The Morgan fingerprint density at radius 2 is 1.75 bits per heavy atom. The molecule has 0 fully saturated rings. The van der Waals surface area contributed by atoms with Gasteiger partial charge in [-0.15, -0.1) is 12.6 Å². The Labute approximate surface area is 223 Å². The fourth-order valence-electron chi connectivity index (χ4n) is 4.65. The zero-order chi connectivity index (χ0) is 25.4. The van der Waals surface area contributed by atoms with E-state index in [-0.39, 0.29) is 5.12 Å². The monoisotopic (exact) mass is 515 g/mol. The molecule has 4 rings (SSSR count). The van der Waals surface area contributed by atoms with Crippen molar-refractivity contribution in [2.75, 3.05) is 0 Å². The zero-order valence-electron chi connectivity index (χ0n) is 20.4. The molecule has 0 saturated heterocycles. The van der Waals surface area contributed by atoms with Gasteiger partial charge in [0.1, 0.15) is 12.4 Å². The summed E-state index contributed by atoms with van der Waals surface area (Å²) in [5.74, 6) is 0.765. The number of fused-ring (bicyclic) bond motifs is 1. The van der Waals surface area contributed by atoms with Crippen LogP contribution < -0.4 is 4.74 Å². The summed E-state index contributed by atoms with van der Waals surface area (Å²) >= 11 is 10.2. The number of para-hydroxylation sites is 1. The maximum atomic E-state index is 12.2. The van der Waals surface area contributed by atoms with Crippen LogP contribution in [-0.4, -0.2) is 10.1 Å². The van der Waals surface area contributed by atoms with E-state index in [2.05, 4.69) is 54.0 Å². The predicted octanol–water partition coefficient (Wildman–Crippen LogP) is 8.15. The number of carbonyl (C=O) groups excluding carboxylic acids is 1. The van der Waals surface area contributed by atoms with Crippen LogP contribution in [0, 0.1) is 0 Å². The van der Waals surface area contributed by atoms with Crippen molar-refractivity contribution < 1.29 is 9.53 Å². The third kappa shape index (κ3) is 6.77. The van der Waals surface area contributed by atoms with Crippen molar-refractivity contribution in [2.24, 2.45) is 0 Å². The Balaban J connectivity index is 1.47. The molecule has 4 aromatic rings. The van der Waals surface area contributed by atoms with Crippen molar-refractivity contribution in [3.05, 3.63) is 119 Å². The van der Waals surface area contributed by atoms with E-state index in [1.807, 2.05) is 67.6 Å². The summed E-state index contributed by atoms with van der Waals surface area (Å²) in [5.41, 5.74) is 3.73. The molecule has 3 nitrogen and oxygen atoms in total. The zero-order valence-corrected chi connectivity index (χ0v) is 22.0. The minimum atomic E-state index is -0.418. The van der Waals surface area contributed by atoms with E-state index in [0.717, 1.165) is 52.2 Å². The molecule has 0 N–H and O–H groups in total. The van der Waals surface area contributed by atoms with Crippen LogP contribution in [0.5, 0.6) is 5.75 Å². The highest BCUT2D eigenvalue weighted by molar-refractivity contribution is 7.96. The SMILES string of the molecule is CC=CC(CCCc1ccc(Cl)cc1)(CC(=O)S)c1ccc(OCc2ccc3ccccc3n2)cc1. The molecule has 0 aliphatic heterocycles. The van der Waals surface area contributed by atoms with Gasteiger partial charge in [-0.25, -0.2) is 4.98 Å². The topological polar surface area (TPSA) is 39.2 Å². The first-order chi connectivity index (χ1) is 17.5. The van der Waals surface area contributed by atoms with Gasteiger partial charge in [-0.2, -0.15) is 0 Å². The van der Waals surface area contributed by atoms with Crippen molar-refractivity contribution in [1.82, 2.24) is 4.98 Å². The van der Waals surface area contributed by atoms with Gasteiger partial charge in [0.15, 0.2) is 5.12 Å². The van der Waals surface area contributed by atoms with E-state index >= 15 is 0 Å². The molecular weight excluding hydrogens is 486 g/mol. The summed E-state index contributed by atoms with van der Waals surface area (Å²) in [5, 5.41) is 1.73. The minimum Gasteiger partial charge on any atom is -0.487 e. The normalized spacial score (nSPS) is 13.1. The molecule has 0 spiro atoms. The number of halogens is 1. The number of hydrogen-bond donors (Lipinski definition) is 1. The van der Waals surface area contributed by atoms with Crippen LogP contribution in [0.15, 0.2) is 97.1 Å². The molecule has 1 aromatic heterocycles. The number of pyridine rings is 1. The molecule has 5 heteroatoms. The molecular formula is C31H30ClNO2S. The Hall–Kier alpha value is -3.08. The smallest absolute Gasteiger partial charge is 0.187 e. The lowest BCUT2D eigenvalue weighted by atomic mass is 9.73. The molecule has 0 aliphatic rings. The van der Waals surface area contributed by atoms with Gasteiger partial charge < -0.3 is 4.74 Å². The van der Waals surface area contributed by atoms with Crippen LogP contribution in [0.25, 0.3) is 10.9 Å². The van der Waals surface area contributed by atoms with E-state index < -0.39 is 5.41 Å². The molecule has 3 aromatic carbocycles. The Morgan fingerprint density at radius 1 is 1.00 bits per heavy atom. The first-order valence-electron chi connectivity index (χ1n) is 12.2. The first kappa shape index (κ1) is 26.0. The highest BCUT2D eigenvalue weighted by Crippen LogP contribution is 2.37. The van der Waals surface area contributed by atoms with Crippen molar-refractivity contribution in [1.29, 1.82) is 0 Å². The lowest BCUT2D eigenvalue weighted by Crippen LogP contribution is -2.26. The summed E-state index contributed by atoms with van der Waals surface area (Å²) in [4.78, 5) is 16.9. The molecule has 1 heterocycles. The number of allylic oxidation sites excluding steroid dienone is 2. The number of rotatable bonds is 11. The van der Waals surface area contributed by atoms with Crippen LogP contribution in [0.1, 0.15) is 43.0 Å². The van der Waals surface area contributed by atoms with Gasteiger partial charge in [0, 0.05) is 22.2 Å². The van der Waals surface area contributed by atoms with E-state index in [1.165, 1.54) is 5.56 Å². The Bertz CT molecular complexity index is 1340. The van der Waals surface area contributed by atoms with Gasteiger partial charge in [0.05, 0.1) is 11.2 Å². The van der Waals surface area contributed by atoms with Crippen LogP contribution in [-0.2, 0) is 23.2 Å². The summed E-state index contributed by atoms with van der Waals surface area (Å²) < 4.78 is 6.02. The number of carbonyl (C=O) groups is 1.